The molecule has 3 heterocycles. The minimum atomic E-state index is -0.560. The molecule has 0 bridgehead atoms. The molecule has 7 nitrogen and oxygen atoms in total. The molecule has 0 aromatic heterocycles. The summed E-state index contributed by atoms with van der Waals surface area (Å²) >= 11 is 0. The number of phenolic OH excluding ortho intramolecular Hbond substituents is 1. The number of fused-ring (bicyclic) bond motifs is 1. The van der Waals surface area contributed by atoms with Crippen LogP contribution in [-0.2, 0) is 16.1 Å². The van der Waals surface area contributed by atoms with Crippen LogP contribution in [0.5, 0.6) is 11.5 Å². The van der Waals surface area contributed by atoms with Crippen molar-refractivity contribution in [1.82, 2.24) is 10.2 Å². The van der Waals surface area contributed by atoms with Crippen molar-refractivity contribution in [3.63, 3.8) is 0 Å². The summed E-state index contributed by atoms with van der Waals surface area (Å²) in [7, 11) is 0. The van der Waals surface area contributed by atoms with Gasteiger partial charge in [-0.15, -0.1) is 0 Å². The van der Waals surface area contributed by atoms with Crippen LogP contribution >= 0.6 is 0 Å². The molecule has 2 aromatic rings. The van der Waals surface area contributed by atoms with Crippen molar-refractivity contribution >= 4 is 11.8 Å². The Bertz CT molecular complexity index is 1050. The Morgan fingerprint density at radius 2 is 1.91 bits per heavy atom. The fourth-order valence-corrected chi connectivity index (χ4v) is 4.78. The van der Waals surface area contributed by atoms with Crippen molar-refractivity contribution in [2.45, 2.75) is 31.9 Å². The highest BCUT2D eigenvalue weighted by Crippen LogP contribution is 2.36. The van der Waals surface area contributed by atoms with Gasteiger partial charge in [-0.05, 0) is 53.8 Å². The number of carbonyl (C=O) groups excluding carboxylic acids is 2. The summed E-state index contributed by atoms with van der Waals surface area (Å²) in [6.07, 6.45) is 2.03. The Labute approximate surface area is 185 Å². The van der Waals surface area contributed by atoms with Crippen LogP contribution in [-0.4, -0.2) is 54.2 Å². The average Bonchev–Trinajstić information content (AvgIpc) is 3.40. The van der Waals surface area contributed by atoms with Gasteiger partial charge >= 0.3 is 0 Å². The zero-order valence-electron chi connectivity index (χ0n) is 17.6. The average molecular weight is 440 g/mol. The van der Waals surface area contributed by atoms with Crippen LogP contribution in [0.3, 0.4) is 0 Å². The molecule has 2 amide bonds. The number of hydrogen-bond acceptors (Lipinski definition) is 5. The van der Waals surface area contributed by atoms with Crippen LogP contribution in [0.2, 0.25) is 0 Å². The third-order valence-electron chi connectivity index (χ3n) is 6.42. The summed E-state index contributed by atoms with van der Waals surface area (Å²) in [5.74, 6) is -0.298. The number of rotatable bonds is 4. The summed E-state index contributed by atoms with van der Waals surface area (Å²) in [6.45, 7) is 2.71. The molecule has 3 aliphatic rings. The maximum absolute atomic E-state index is 13.9. The number of hydrogen-bond donors (Lipinski definition) is 2. The van der Waals surface area contributed by atoms with Crippen molar-refractivity contribution in [1.29, 1.82) is 0 Å². The van der Waals surface area contributed by atoms with E-state index in [1.165, 1.54) is 12.1 Å². The van der Waals surface area contributed by atoms with E-state index in [0.29, 0.717) is 61.7 Å². The molecule has 0 spiro atoms. The Hall–Kier alpha value is -3.13. The first-order valence-corrected chi connectivity index (χ1v) is 11.0. The number of aromatic hydroxyl groups is 1. The van der Waals surface area contributed by atoms with Gasteiger partial charge in [0.25, 0.3) is 5.91 Å². The zero-order chi connectivity index (χ0) is 22.2. The van der Waals surface area contributed by atoms with E-state index in [4.69, 9.17) is 9.47 Å². The van der Waals surface area contributed by atoms with Crippen LogP contribution < -0.4 is 10.1 Å². The van der Waals surface area contributed by atoms with Gasteiger partial charge in [-0.25, -0.2) is 4.39 Å². The smallest absolute Gasteiger partial charge is 0.252 e. The molecule has 0 radical (unpaired) electrons. The van der Waals surface area contributed by atoms with Gasteiger partial charge in [0.15, 0.2) is 0 Å². The molecule has 2 N–H and O–H groups in total. The summed E-state index contributed by atoms with van der Waals surface area (Å²) in [5, 5.41) is 12.6. The quantitative estimate of drug-likeness (QED) is 0.764. The first kappa shape index (κ1) is 20.8. The van der Waals surface area contributed by atoms with Gasteiger partial charge in [0.1, 0.15) is 23.4 Å². The number of phenols is 1. The number of halogens is 1. The van der Waals surface area contributed by atoms with E-state index in [2.05, 4.69) is 5.32 Å². The van der Waals surface area contributed by atoms with Crippen LogP contribution in [0.25, 0.3) is 11.1 Å². The number of nitrogens with one attached hydrogen (secondary N) is 1. The molecule has 0 aliphatic carbocycles. The van der Waals surface area contributed by atoms with Crippen LogP contribution in [0, 0.1) is 11.7 Å². The summed E-state index contributed by atoms with van der Waals surface area (Å²) in [4.78, 5) is 27.0. The highest BCUT2D eigenvalue weighted by molar-refractivity contribution is 6.01. The normalized spacial score (nSPS) is 20.8. The van der Waals surface area contributed by atoms with Gasteiger partial charge in [0.2, 0.25) is 5.91 Å². The maximum Gasteiger partial charge on any atom is 0.252 e. The second-order valence-electron chi connectivity index (χ2n) is 8.58. The maximum atomic E-state index is 13.9. The lowest BCUT2D eigenvalue weighted by molar-refractivity contribution is -0.137. The number of benzene rings is 2. The highest BCUT2D eigenvalue weighted by Gasteiger charge is 2.33. The monoisotopic (exact) mass is 440 g/mol. The zero-order valence-corrected chi connectivity index (χ0v) is 17.6. The number of ether oxygens (including phenoxy) is 2. The molecule has 168 valence electrons. The molecule has 2 saturated heterocycles. The molecule has 2 aromatic carbocycles. The fraction of sp³-hybridized carbons (Fsp3) is 0.417. The SMILES string of the molecule is O=C1NCc2c1cc(O[C@@H]1CCN(C(=O)C3CCOCC3)C1)cc2-c1cc(O)cc(F)c1. The summed E-state index contributed by atoms with van der Waals surface area (Å²) in [5.41, 5.74) is 2.34. The summed E-state index contributed by atoms with van der Waals surface area (Å²) in [6, 6.07) is 7.30. The lowest BCUT2D eigenvalue weighted by Gasteiger charge is -2.26. The molecule has 5 rings (SSSR count). The first-order valence-electron chi connectivity index (χ1n) is 11.0. The van der Waals surface area contributed by atoms with E-state index in [9.17, 15) is 19.1 Å². The highest BCUT2D eigenvalue weighted by atomic mass is 19.1. The van der Waals surface area contributed by atoms with E-state index in [0.717, 1.165) is 24.5 Å². The molecule has 2 fully saturated rings. The predicted molar refractivity (Wildman–Crippen MR) is 114 cm³/mol. The Kier molecular flexibility index (Phi) is 5.46. The second kappa shape index (κ2) is 8.43. The molecular formula is C24H25FN2O5. The van der Waals surface area contributed by atoms with Crippen molar-refractivity contribution in [3.05, 3.63) is 47.3 Å². The second-order valence-corrected chi connectivity index (χ2v) is 8.58. The van der Waals surface area contributed by atoms with Gasteiger partial charge in [-0.3, -0.25) is 9.59 Å². The van der Waals surface area contributed by atoms with Gasteiger partial charge in [-0.2, -0.15) is 0 Å². The minimum Gasteiger partial charge on any atom is -0.508 e. The molecule has 8 heteroatoms. The van der Waals surface area contributed by atoms with E-state index in [-0.39, 0.29) is 29.6 Å². The topological polar surface area (TPSA) is 88.1 Å². The molecular weight excluding hydrogens is 415 g/mol. The van der Waals surface area contributed by atoms with Crippen LogP contribution in [0.1, 0.15) is 35.2 Å². The van der Waals surface area contributed by atoms with E-state index in [1.54, 1.807) is 12.1 Å². The van der Waals surface area contributed by atoms with Gasteiger partial charge in [0, 0.05) is 50.3 Å². The lowest BCUT2D eigenvalue weighted by Crippen LogP contribution is -2.38. The third-order valence-corrected chi connectivity index (χ3v) is 6.42. The Morgan fingerprint density at radius 1 is 1.12 bits per heavy atom. The number of likely N-dealkylation sites (tertiary alicyclic amines) is 1. The van der Waals surface area contributed by atoms with Crippen molar-refractivity contribution < 1.29 is 28.6 Å². The Morgan fingerprint density at radius 3 is 2.69 bits per heavy atom. The van der Waals surface area contributed by atoms with Crippen molar-refractivity contribution in [2.24, 2.45) is 5.92 Å². The van der Waals surface area contributed by atoms with E-state index < -0.39 is 5.82 Å². The van der Waals surface area contributed by atoms with E-state index in [1.807, 2.05) is 4.90 Å². The molecule has 0 unspecified atom stereocenters. The number of carbonyl (C=O) groups is 2. The molecule has 32 heavy (non-hydrogen) atoms. The summed E-state index contributed by atoms with van der Waals surface area (Å²) < 4.78 is 25.5. The van der Waals surface area contributed by atoms with E-state index >= 15 is 0 Å². The standard InChI is InChI=1S/C24H25FN2O5/c25-16-7-15(8-17(28)9-16)20-10-19(11-21-22(20)12-26-23(21)29)32-18-1-4-27(13-18)24(30)14-2-5-31-6-3-14/h7-11,14,18,28H,1-6,12-13H2,(H,26,29)/t18-/m1/s1. The third kappa shape index (κ3) is 4.02. The van der Waals surface area contributed by atoms with Gasteiger partial charge in [0.05, 0.1) is 6.54 Å². The molecule has 3 aliphatic heterocycles. The molecule has 1 atom stereocenters. The lowest BCUT2D eigenvalue weighted by atomic mass is 9.96. The Balaban J connectivity index is 1.37. The van der Waals surface area contributed by atoms with Crippen LogP contribution in [0.4, 0.5) is 4.39 Å². The molecule has 0 saturated carbocycles. The minimum absolute atomic E-state index is 0.0125. The largest absolute Gasteiger partial charge is 0.508 e. The number of amides is 2. The predicted octanol–water partition coefficient (Wildman–Crippen LogP) is 2.85. The van der Waals surface area contributed by atoms with Gasteiger partial charge in [-0.1, -0.05) is 0 Å². The van der Waals surface area contributed by atoms with Gasteiger partial charge < -0.3 is 24.8 Å². The number of nitrogens with zero attached hydrogens (tertiary/aromatic N) is 1. The fourth-order valence-electron chi connectivity index (χ4n) is 4.78. The van der Waals surface area contributed by atoms with Crippen molar-refractivity contribution in [3.8, 4) is 22.6 Å². The van der Waals surface area contributed by atoms with Crippen molar-refractivity contribution in [2.75, 3.05) is 26.3 Å². The van der Waals surface area contributed by atoms with Crippen LogP contribution in [0.15, 0.2) is 30.3 Å². The first-order chi connectivity index (χ1) is 15.5.